The Morgan fingerprint density at radius 1 is 1.67 bits per heavy atom. The number of hydrogen-bond donors (Lipinski definition) is 1. The Hall–Kier alpha value is -0.980. The lowest BCUT2D eigenvalue weighted by molar-refractivity contribution is 0.0275. The van der Waals surface area contributed by atoms with Gasteiger partial charge in [-0.3, -0.25) is 0 Å². The topological polar surface area (TPSA) is 60.5 Å². The van der Waals surface area contributed by atoms with Crippen LogP contribution in [-0.2, 0) is 15.9 Å². The van der Waals surface area contributed by atoms with Gasteiger partial charge in [0, 0.05) is 13.1 Å². The zero-order valence-corrected chi connectivity index (χ0v) is 11.5. The summed E-state index contributed by atoms with van der Waals surface area (Å²) in [5.41, 5.74) is 0.832. The van der Waals surface area contributed by atoms with Crippen molar-refractivity contribution in [2.75, 3.05) is 26.8 Å². The van der Waals surface area contributed by atoms with Gasteiger partial charge in [0.15, 0.2) is 0 Å². The molecule has 5 nitrogen and oxygen atoms in total. The van der Waals surface area contributed by atoms with Crippen molar-refractivity contribution >= 4 is 17.3 Å². The molecule has 2 heterocycles. The maximum Gasteiger partial charge on any atom is 0.349 e. The number of carbonyl (C=O) groups excluding carboxylic acids is 1. The predicted octanol–water partition coefficient (Wildman–Crippen LogP) is 1.54. The quantitative estimate of drug-likeness (QED) is 0.841. The Morgan fingerprint density at radius 2 is 2.50 bits per heavy atom. The summed E-state index contributed by atoms with van der Waals surface area (Å²) < 4.78 is 10.5. The first-order chi connectivity index (χ1) is 8.76. The van der Waals surface area contributed by atoms with Gasteiger partial charge in [-0.2, -0.15) is 0 Å². The van der Waals surface area contributed by atoms with Gasteiger partial charge in [-0.1, -0.05) is 13.3 Å². The van der Waals surface area contributed by atoms with Crippen LogP contribution in [-0.4, -0.2) is 37.8 Å². The van der Waals surface area contributed by atoms with Crippen LogP contribution in [0.4, 0.5) is 0 Å². The molecule has 0 bridgehead atoms. The number of carbonyl (C=O) groups is 1. The SMILES string of the molecule is CCCc1nc(C2CNCCO2)sc1C(=O)OC. The normalized spacial score (nSPS) is 19.8. The molecule has 2 rings (SSSR count). The summed E-state index contributed by atoms with van der Waals surface area (Å²) in [5, 5.41) is 4.13. The minimum Gasteiger partial charge on any atom is -0.465 e. The average molecular weight is 270 g/mol. The second-order valence-electron chi connectivity index (χ2n) is 4.13. The molecule has 0 saturated carbocycles. The molecule has 1 aliphatic rings. The molecule has 1 aromatic heterocycles. The molecule has 1 atom stereocenters. The number of aryl methyl sites for hydroxylation is 1. The van der Waals surface area contributed by atoms with Crippen molar-refractivity contribution in [2.45, 2.75) is 25.9 Å². The van der Waals surface area contributed by atoms with Crippen LogP contribution >= 0.6 is 11.3 Å². The van der Waals surface area contributed by atoms with Crippen molar-refractivity contribution in [3.8, 4) is 0 Å². The van der Waals surface area contributed by atoms with E-state index in [1.165, 1.54) is 18.4 Å². The molecule has 6 heteroatoms. The van der Waals surface area contributed by atoms with Crippen molar-refractivity contribution in [2.24, 2.45) is 0 Å². The van der Waals surface area contributed by atoms with Gasteiger partial charge in [-0.25, -0.2) is 9.78 Å². The molecule has 1 unspecified atom stereocenters. The number of rotatable bonds is 4. The van der Waals surface area contributed by atoms with Crippen LogP contribution in [0.2, 0.25) is 0 Å². The van der Waals surface area contributed by atoms with Crippen LogP contribution in [0.1, 0.15) is 39.8 Å². The lowest BCUT2D eigenvalue weighted by Crippen LogP contribution is -2.33. The first kappa shape index (κ1) is 13.5. The van der Waals surface area contributed by atoms with E-state index in [9.17, 15) is 4.79 Å². The van der Waals surface area contributed by atoms with E-state index in [1.54, 1.807) is 0 Å². The molecule has 1 N–H and O–H groups in total. The summed E-state index contributed by atoms with van der Waals surface area (Å²) in [4.78, 5) is 16.9. The fraction of sp³-hybridized carbons (Fsp3) is 0.667. The van der Waals surface area contributed by atoms with Gasteiger partial charge in [0.05, 0.1) is 19.4 Å². The predicted molar refractivity (Wildman–Crippen MR) is 69.0 cm³/mol. The third kappa shape index (κ3) is 2.88. The van der Waals surface area contributed by atoms with Gasteiger partial charge in [-0.05, 0) is 6.42 Å². The zero-order chi connectivity index (χ0) is 13.0. The number of thiazole rings is 1. The molecule has 18 heavy (non-hydrogen) atoms. The lowest BCUT2D eigenvalue weighted by Gasteiger charge is -2.21. The van der Waals surface area contributed by atoms with Crippen molar-refractivity contribution < 1.29 is 14.3 Å². The molecule has 0 spiro atoms. The number of esters is 1. The Labute approximate surface area is 111 Å². The average Bonchev–Trinajstić information content (AvgIpc) is 2.83. The van der Waals surface area contributed by atoms with E-state index >= 15 is 0 Å². The van der Waals surface area contributed by atoms with Crippen LogP contribution in [0.5, 0.6) is 0 Å². The second-order valence-corrected chi connectivity index (χ2v) is 5.16. The second kappa shape index (κ2) is 6.26. The van der Waals surface area contributed by atoms with E-state index in [4.69, 9.17) is 9.47 Å². The lowest BCUT2D eigenvalue weighted by atomic mass is 10.2. The third-order valence-electron chi connectivity index (χ3n) is 2.77. The van der Waals surface area contributed by atoms with E-state index in [0.717, 1.165) is 36.6 Å². The van der Waals surface area contributed by atoms with Crippen molar-refractivity contribution in [1.29, 1.82) is 0 Å². The molecular formula is C12H18N2O3S. The van der Waals surface area contributed by atoms with E-state index in [-0.39, 0.29) is 12.1 Å². The van der Waals surface area contributed by atoms with Crippen LogP contribution in [0.25, 0.3) is 0 Å². The Morgan fingerprint density at radius 3 is 3.11 bits per heavy atom. The highest BCUT2D eigenvalue weighted by Gasteiger charge is 2.24. The fourth-order valence-electron chi connectivity index (χ4n) is 1.89. The summed E-state index contributed by atoms with van der Waals surface area (Å²) in [5.74, 6) is -0.300. The summed E-state index contributed by atoms with van der Waals surface area (Å²) in [6, 6.07) is 0. The highest BCUT2D eigenvalue weighted by atomic mass is 32.1. The Bertz CT molecular complexity index is 413. The maximum absolute atomic E-state index is 11.7. The van der Waals surface area contributed by atoms with Crippen LogP contribution in [0.3, 0.4) is 0 Å². The number of hydrogen-bond acceptors (Lipinski definition) is 6. The van der Waals surface area contributed by atoms with Gasteiger partial charge in [0.1, 0.15) is 16.0 Å². The maximum atomic E-state index is 11.7. The van der Waals surface area contributed by atoms with E-state index in [1.807, 2.05) is 0 Å². The molecule has 0 amide bonds. The van der Waals surface area contributed by atoms with E-state index in [2.05, 4.69) is 17.2 Å². The van der Waals surface area contributed by atoms with Gasteiger partial charge in [-0.15, -0.1) is 11.3 Å². The number of methoxy groups -OCH3 is 1. The Balaban J connectivity index is 2.23. The third-order valence-corrected chi connectivity index (χ3v) is 3.94. The van der Waals surface area contributed by atoms with Crippen molar-refractivity contribution in [1.82, 2.24) is 10.3 Å². The van der Waals surface area contributed by atoms with Crippen molar-refractivity contribution in [3.63, 3.8) is 0 Å². The summed E-state index contributed by atoms with van der Waals surface area (Å²) in [6.45, 7) is 4.37. The highest BCUT2D eigenvalue weighted by Crippen LogP contribution is 2.28. The summed E-state index contributed by atoms with van der Waals surface area (Å²) in [6.07, 6.45) is 1.70. The van der Waals surface area contributed by atoms with Gasteiger partial charge in [0.25, 0.3) is 0 Å². The molecule has 0 radical (unpaired) electrons. The fourth-order valence-corrected chi connectivity index (χ4v) is 2.97. The van der Waals surface area contributed by atoms with E-state index in [0.29, 0.717) is 11.5 Å². The number of nitrogens with one attached hydrogen (secondary N) is 1. The Kier molecular flexibility index (Phi) is 4.68. The first-order valence-corrected chi connectivity index (χ1v) is 6.98. The largest absolute Gasteiger partial charge is 0.465 e. The van der Waals surface area contributed by atoms with Crippen LogP contribution in [0.15, 0.2) is 0 Å². The smallest absolute Gasteiger partial charge is 0.349 e. The van der Waals surface area contributed by atoms with Gasteiger partial charge in [0.2, 0.25) is 0 Å². The number of morpholine rings is 1. The van der Waals surface area contributed by atoms with E-state index < -0.39 is 0 Å². The molecular weight excluding hydrogens is 252 g/mol. The number of aromatic nitrogens is 1. The highest BCUT2D eigenvalue weighted by molar-refractivity contribution is 7.13. The summed E-state index contributed by atoms with van der Waals surface area (Å²) in [7, 11) is 1.40. The minimum absolute atomic E-state index is 0.0437. The first-order valence-electron chi connectivity index (χ1n) is 6.16. The number of ether oxygens (including phenoxy) is 2. The van der Waals surface area contributed by atoms with Crippen molar-refractivity contribution in [3.05, 3.63) is 15.6 Å². The number of nitrogens with zero attached hydrogens (tertiary/aromatic N) is 1. The molecule has 1 saturated heterocycles. The van der Waals surface area contributed by atoms with Gasteiger partial charge < -0.3 is 14.8 Å². The van der Waals surface area contributed by atoms with Crippen LogP contribution in [0, 0.1) is 0 Å². The minimum atomic E-state index is -0.300. The summed E-state index contributed by atoms with van der Waals surface area (Å²) >= 11 is 1.39. The molecule has 0 aromatic carbocycles. The van der Waals surface area contributed by atoms with Gasteiger partial charge >= 0.3 is 5.97 Å². The molecule has 1 aromatic rings. The molecule has 100 valence electrons. The molecule has 1 aliphatic heterocycles. The monoisotopic (exact) mass is 270 g/mol. The molecule has 1 fully saturated rings. The zero-order valence-electron chi connectivity index (χ0n) is 10.7. The standard InChI is InChI=1S/C12H18N2O3S/c1-3-4-8-10(12(15)16-2)18-11(14-8)9-7-13-5-6-17-9/h9,13H,3-7H2,1-2H3. The molecule has 0 aliphatic carbocycles. The van der Waals surface area contributed by atoms with Crippen LogP contribution < -0.4 is 5.32 Å².